The van der Waals surface area contributed by atoms with Gasteiger partial charge in [0, 0.05) is 57.7 Å². The molecule has 0 aliphatic carbocycles. The largest absolute Gasteiger partial charge is 0.471 e. The summed E-state index contributed by atoms with van der Waals surface area (Å²) in [6.07, 6.45) is 3.86. The molecule has 0 saturated carbocycles. The van der Waals surface area contributed by atoms with Crippen LogP contribution in [0.5, 0.6) is 5.75 Å². The molecular weight excluding hydrogens is 392 g/mol. The Balaban J connectivity index is 1.29. The monoisotopic (exact) mass is 422 g/mol. The number of hydrogen-bond donors (Lipinski definition) is 0. The maximum Gasteiger partial charge on any atom is 0.274 e. The van der Waals surface area contributed by atoms with Gasteiger partial charge in [0.1, 0.15) is 5.75 Å². The fourth-order valence-electron chi connectivity index (χ4n) is 3.96. The zero-order valence-electron chi connectivity index (χ0n) is 18.7. The first-order valence-corrected chi connectivity index (χ1v) is 10.6. The standard InChI is InChI=1S/C23H30N6O2/c1-17-5-6-22(18(2)13-17)31-16-29-8-7-21(25-29)23(30)28-11-9-27(10-12-28)15-20-14-26(4)24-19(20)3/h5-8,13-14H,9-12,15-16H2,1-4H3. The third kappa shape index (κ3) is 4.96. The lowest BCUT2D eigenvalue weighted by molar-refractivity contribution is 0.0620. The van der Waals surface area contributed by atoms with Gasteiger partial charge in [-0.15, -0.1) is 0 Å². The molecule has 0 bridgehead atoms. The van der Waals surface area contributed by atoms with Crippen LogP contribution in [0.3, 0.4) is 0 Å². The predicted molar refractivity (Wildman–Crippen MR) is 118 cm³/mol. The van der Waals surface area contributed by atoms with Crippen LogP contribution >= 0.6 is 0 Å². The van der Waals surface area contributed by atoms with Crippen LogP contribution in [-0.2, 0) is 20.3 Å². The highest BCUT2D eigenvalue weighted by Crippen LogP contribution is 2.19. The van der Waals surface area contributed by atoms with Crippen LogP contribution in [0.1, 0.15) is 32.9 Å². The number of aromatic nitrogens is 4. The zero-order valence-corrected chi connectivity index (χ0v) is 18.7. The van der Waals surface area contributed by atoms with Crippen molar-refractivity contribution < 1.29 is 9.53 Å². The second-order valence-electron chi connectivity index (χ2n) is 8.26. The van der Waals surface area contributed by atoms with Gasteiger partial charge in [-0.3, -0.25) is 14.4 Å². The van der Waals surface area contributed by atoms with Crippen molar-refractivity contribution in [2.45, 2.75) is 34.0 Å². The molecule has 1 aliphatic rings. The minimum atomic E-state index is -0.0255. The van der Waals surface area contributed by atoms with Gasteiger partial charge in [0.25, 0.3) is 5.91 Å². The summed E-state index contributed by atoms with van der Waals surface area (Å²) in [4.78, 5) is 17.1. The van der Waals surface area contributed by atoms with Gasteiger partial charge >= 0.3 is 0 Å². The Hall–Kier alpha value is -3.13. The van der Waals surface area contributed by atoms with Gasteiger partial charge in [0.05, 0.1) is 5.69 Å². The van der Waals surface area contributed by atoms with E-state index in [4.69, 9.17) is 4.74 Å². The van der Waals surface area contributed by atoms with Crippen LogP contribution in [0.2, 0.25) is 0 Å². The van der Waals surface area contributed by atoms with Crippen molar-refractivity contribution in [2.24, 2.45) is 7.05 Å². The molecule has 1 aromatic carbocycles. The molecule has 3 heterocycles. The van der Waals surface area contributed by atoms with Crippen LogP contribution in [0.25, 0.3) is 0 Å². The Morgan fingerprint density at radius 1 is 1.06 bits per heavy atom. The molecule has 0 atom stereocenters. The second-order valence-corrected chi connectivity index (χ2v) is 8.26. The van der Waals surface area contributed by atoms with Gasteiger partial charge in [0.2, 0.25) is 0 Å². The zero-order chi connectivity index (χ0) is 22.0. The van der Waals surface area contributed by atoms with E-state index in [1.165, 1.54) is 11.1 Å². The molecule has 4 rings (SSSR count). The number of rotatable bonds is 6. The number of nitrogens with zero attached hydrogens (tertiary/aromatic N) is 6. The van der Waals surface area contributed by atoms with E-state index < -0.39 is 0 Å². The SMILES string of the molecule is Cc1ccc(OCn2ccc(C(=O)N3CCN(Cc4cn(C)nc4C)CC3)n2)c(C)c1. The van der Waals surface area contributed by atoms with Gasteiger partial charge in [-0.1, -0.05) is 17.7 Å². The molecule has 0 spiro atoms. The fourth-order valence-corrected chi connectivity index (χ4v) is 3.96. The maximum atomic E-state index is 12.9. The van der Waals surface area contributed by atoms with Crippen LogP contribution < -0.4 is 4.74 Å². The molecule has 8 heteroatoms. The van der Waals surface area contributed by atoms with E-state index in [1.807, 2.05) is 42.6 Å². The van der Waals surface area contributed by atoms with Crippen molar-refractivity contribution >= 4 is 5.91 Å². The van der Waals surface area contributed by atoms with Crippen molar-refractivity contribution in [2.75, 3.05) is 26.2 Å². The summed E-state index contributed by atoms with van der Waals surface area (Å²) in [7, 11) is 1.94. The number of piperazine rings is 1. The van der Waals surface area contributed by atoms with Crippen molar-refractivity contribution in [1.82, 2.24) is 29.4 Å². The Labute approximate surface area is 183 Å². The summed E-state index contributed by atoms with van der Waals surface area (Å²) in [6, 6.07) is 7.84. The third-order valence-corrected chi connectivity index (χ3v) is 5.71. The second kappa shape index (κ2) is 8.93. The first-order valence-electron chi connectivity index (χ1n) is 10.6. The highest BCUT2D eigenvalue weighted by molar-refractivity contribution is 5.92. The van der Waals surface area contributed by atoms with E-state index in [9.17, 15) is 4.79 Å². The van der Waals surface area contributed by atoms with Crippen LogP contribution in [0.4, 0.5) is 0 Å². The van der Waals surface area contributed by atoms with Crippen molar-refractivity contribution in [3.63, 3.8) is 0 Å². The molecule has 3 aromatic rings. The molecule has 1 aliphatic heterocycles. The minimum Gasteiger partial charge on any atom is -0.471 e. The van der Waals surface area contributed by atoms with Crippen LogP contribution in [0, 0.1) is 20.8 Å². The number of aryl methyl sites for hydroxylation is 4. The molecule has 0 unspecified atom stereocenters. The van der Waals surface area contributed by atoms with Gasteiger partial charge in [-0.25, -0.2) is 4.68 Å². The maximum absolute atomic E-state index is 12.9. The molecule has 1 amide bonds. The molecular formula is C23H30N6O2. The molecule has 0 N–H and O–H groups in total. The molecule has 0 radical (unpaired) electrons. The lowest BCUT2D eigenvalue weighted by Crippen LogP contribution is -2.48. The summed E-state index contributed by atoms with van der Waals surface area (Å²) in [6.45, 7) is 10.3. The predicted octanol–water partition coefficient (Wildman–Crippen LogP) is 2.54. The minimum absolute atomic E-state index is 0.0255. The Bertz CT molecular complexity index is 1060. The van der Waals surface area contributed by atoms with Crippen molar-refractivity contribution in [1.29, 1.82) is 0 Å². The molecule has 1 saturated heterocycles. The number of benzene rings is 1. The summed E-state index contributed by atoms with van der Waals surface area (Å²) in [5.74, 6) is 0.802. The summed E-state index contributed by atoms with van der Waals surface area (Å²) < 4.78 is 9.37. The summed E-state index contributed by atoms with van der Waals surface area (Å²) in [5.41, 5.74) is 5.05. The number of ether oxygens (including phenoxy) is 1. The Morgan fingerprint density at radius 3 is 2.52 bits per heavy atom. The molecule has 1 fully saturated rings. The summed E-state index contributed by atoms with van der Waals surface area (Å²) in [5, 5.41) is 8.83. The highest BCUT2D eigenvalue weighted by atomic mass is 16.5. The number of amides is 1. The first kappa shape index (κ1) is 21.1. The van der Waals surface area contributed by atoms with Crippen molar-refractivity contribution in [3.8, 4) is 5.75 Å². The van der Waals surface area contributed by atoms with E-state index in [0.29, 0.717) is 18.8 Å². The van der Waals surface area contributed by atoms with Gasteiger partial charge in [-0.05, 0) is 38.5 Å². The Kier molecular flexibility index (Phi) is 6.08. The topological polar surface area (TPSA) is 68.4 Å². The number of carbonyl (C=O) groups is 1. The van der Waals surface area contributed by atoms with Gasteiger partial charge < -0.3 is 9.64 Å². The molecule has 164 valence electrons. The first-order chi connectivity index (χ1) is 14.9. The highest BCUT2D eigenvalue weighted by Gasteiger charge is 2.24. The third-order valence-electron chi connectivity index (χ3n) is 5.71. The molecule has 31 heavy (non-hydrogen) atoms. The average molecular weight is 423 g/mol. The molecule has 2 aromatic heterocycles. The number of carbonyl (C=O) groups excluding carboxylic acids is 1. The lowest BCUT2D eigenvalue weighted by atomic mass is 10.1. The van der Waals surface area contributed by atoms with E-state index in [1.54, 1.807) is 16.9 Å². The number of hydrogen-bond acceptors (Lipinski definition) is 5. The fraction of sp³-hybridized carbons (Fsp3) is 0.435. The quantitative estimate of drug-likeness (QED) is 0.611. The Morgan fingerprint density at radius 2 is 1.84 bits per heavy atom. The van der Waals surface area contributed by atoms with Gasteiger partial charge in [0.15, 0.2) is 12.4 Å². The summed E-state index contributed by atoms with van der Waals surface area (Å²) >= 11 is 0. The van der Waals surface area contributed by atoms with Crippen LogP contribution in [0.15, 0.2) is 36.7 Å². The van der Waals surface area contributed by atoms with Crippen molar-refractivity contribution in [3.05, 3.63) is 64.7 Å². The normalized spacial score (nSPS) is 14.8. The van der Waals surface area contributed by atoms with E-state index in [-0.39, 0.29) is 12.6 Å². The smallest absolute Gasteiger partial charge is 0.274 e. The van der Waals surface area contributed by atoms with E-state index in [2.05, 4.69) is 34.3 Å². The van der Waals surface area contributed by atoms with E-state index in [0.717, 1.165) is 36.6 Å². The lowest BCUT2D eigenvalue weighted by Gasteiger charge is -2.34. The van der Waals surface area contributed by atoms with Gasteiger partial charge in [-0.2, -0.15) is 10.2 Å². The average Bonchev–Trinajstić information content (AvgIpc) is 3.33. The van der Waals surface area contributed by atoms with E-state index >= 15 is 0 Å². The van der Waals surface area contributed by atoms with Crippen LogP contribution in [-0.4, -0.2) is 61.4 Å². The molecule has 8 nitrogen and oxygen atoms in total.